The largest absolute Gasteiger partial charge is 0.293 e. The molecule has 0 bridgehead atoms. The van der Waals surface area contributed by atoms with Crippen LogP contribution in [-0.4, -0.2) is 10.6 Å². The molecule has 2 atom stereocenters. The molecular weight excluding hydrogens is 318 g/mol. The van der Waals surface area contributed by atoms with Crippen molar-refractivity contribution in [3.05, 3.63) is 82.2 Å². The highest BCUT2D eigenvalue weighted by Gasteiger charge is 2.27. The smallest absolute Gasteiger partial charge is 0.177 e. The van der Waals surface area contributed by atoms with Crippen LogP contribution in [0.5, 0.6) is 0 Å². The van der Waals surface area contributed by atoms with Gasteiger partial charge in [0.2, 0.25) is 0 Å². The number of Topliss-reactive ketones (excluding diaryl/α,β-unsaturated/α-hetero) is 1. The second kappa shape index (κ2) is 6.89. The minimum atomic E-state index is -0.594. The number of carbonyl (C=O) groups is 1. The first-order chi connectivity index (χ1) is 9.74. The zero-order valence-electron chi connectivity index (χ0n) is 10.6. The van der Waals surface area contributed by atoms with Gasteiger partial charge in [-0.2, -0.15) is 0 Å². The van der Waals surface area contributed by atoms with E-state index in [1.807, 2.05) is 36.4 Å². The molecule has 0 heterocycles. The number of nitrogens with zero attached hydrogens (tertiary/aromatic N) is 3. The van der Waals surface area contributed by atoms with Crippen LogP contribution < -0.4 is 0 Å². The third-order valence-electron chi connectivity index (χ3n) is 2.90. The van der Waals surface area contributed by atoms with Crippen molar-refractivity contribution in [1.82, 2.24) is 0 Å². The number of hydrogen-bond acceptors (Lipinski definition) is 2. The van der Waals surface area contributed by atoms with Gasteiger partial charge in [-0.15, -0.1) is 0 Å². The van der Waals surface area contributed by atoms with Gasteiger partial charge in [-0.3, -0.25) is 4.79 Å². The molecule has 20 heavy (non-hydrogen) atoms. The summed E-state index contributed by atoms with van der Waals surface area (Å²) in [6.45, 7) is 0. The van der Waals surface area contributed by atoms with Gasteiger partial charge in [0, 0.05) is 10.5 Å². The molecule has 0 aromatic heterocycles. The fourth-order valence-electron chi connectivity index (χ4n) is 1.91. The highest BCUT2D eigenvalue weighted by Crippen LogP contribution is 2.29. The molecule has 0 aliphatic carbocycles. The van der Waals surface area contributed by atoms with Gasteiger partial charge in [-0.05, 0) is 11.1 Å². The van der Waals surface area contributed by atoms with Crippen LogP contribution >= 0.6 is 15.9 Å². The first kappa shape index (κ1) is 14.3. The lowest BCUT2D eigenvalue weighted by atomic mass is 9.98. The Balaban J connectivity index is 2.31. The normalized spacial score (nSPS) is 13.1. The van der Waals surface area contributed by atoms with Crippen molar-refractivity contribution in [2.75, 3.05) is 0 Å². The highest BCUT2D eigenvalue weighted by atomic mass is 79.9. The summed E-state index contributed by atoms with van der Waals surface area (Å²) < 4.78 is 0. The van der Waals surface area contributed by atoms with Gasteiger partial charge in [-0.1, -0.05) is 81.7 Å². The van der Waals surface area contributed by atoms with E-state index in [2.05, 4.69) is 26.0 Å². The van der Waals surface area contributed by atoms with Crippen LogP contribution in [0.15, 0.2) is 65.8 Å². The number of rotatable bonds is 5. The Morgan fingerprint density at radius 1 is 1.05 bits per heavy atom. The van der Waals surface area contributed by atoms with Crippen LogP contribution in [0.4, 0.5) is 0 Å². The summed E-state index contributed by atoms with van der Waals surface area (Å²) in [6, 6.07) is 17.6. The van der Waals surface area contributed by atoms with Crippen LogP contribution in [0.3, 0.4) is 0 Å². The number of hydrogen-bond donors (Lipinski definition) is 0. The first-order valence-electron chi connectivity index (χ1n) is 6.06. The maximum Gasteiger partial charge on any atom is 0.177 e. The molecule has 2 rings (SSSR count). The average molecular weight is 330 g/mol. The van der Waals surface area contributed by atoms with Gasteiger partial charge in [-0.25, -0.2) is 0 Å². The summed E-state index contributed by atoms with van der Waals surface area (Å²) in [5.41, 5.74) is 10.1. The van der Waals surface area contributed by atoms with Crippen molar-refractivity contribution in [3.8, 4) is 0 Å². The molecule has 0 saturated carbocycles. The lowest BCUT2D eigenvalue weighted by molar-refractivity contribution is 0.0983. The summed E-state index contributed by atoms with van der Waals surface area (Å²) in [5, 5.41) is 3.75. The third kappa shape index (κ3) is 3.26. The van der Waals surface area contributed by atoms with Gasteiger partial charge in [0.25, 0.3) is 0 Å². The van der Waals surface area contributed by atoms with Crippen LogP contribution in [0.2, 0.25) is 0 Å². The molecule has 0 N–H and O–H groups in total. The maximum absolute atomic E-state index is 12.4. The number of halogens is 1. The predicted octanol–water partition coefficient (Wildman–Crippen LogP) is 4.68. The van der Waals surface area contributed by atoms with E-state index >= 15 is 0 Å². The van der Waals surface area contributed by atoms with Crippen molar-refractivity contribution >= 4 is 21.7 Å². The van der Waals surface area contributed by atoms with Gasteiger partial charge in [0.1, 0.15) is 0 Å². The van der Waals surface area contributed by atoms with Crippen LogP contribution in [-0.2, 0) is 0 Å². The molecule has 100 valence electrons. The molecule has 0 fully saturated rings. The Kier molecular flexibility index (Phi) is 4.93. The lowest BCUT2D eigenvalue weighted by Gasteiger charge is -2.17. The highest BCUT2D eigenvalue weighted by molar-refractivity contribution is 9.10. The predicted molar refractivity (Wildman–Crippen MR) is 81.8 cm³/mol. The molecule has 0 spiro atoms. The van der Waals surface area contributed by atoms with E-state index in [4.69, 9.17) is 5.53 Å². The Hall–Kier alpha value is -2.10. The van der Waals surface area contributed by atoms with E-state index in [1.165, 1.54) is 0 Å². The van der Waals surface area contributed by atoms with Crippen LogP contribution in [0.1, 0.15) is 22.0 Å². The SMILES string of the molecule is [N-]=[N+]=N[C@@H](c1ccccc1)[C@H](Br)C(=O)c1ccccc1. The van der Waals surface area contributed by atoms with E-state index < -0.39 is 10.9 Å². The standard InChI is InChI=1S/C15H12BrN3O/c16-13(15(20)12-9-5-2-6-10-12)14(18-19-17)11-7-3-1-4-8-11/h1-10,13-14H/t13-,14-/m0/s1. The molecule has 0 unspecified atom stereocenters. The van der Waals surface area contributed by atoms with Crippen molar-refractivity contribution in [2.24, 2.45) is 5.11 Å². The van der Waals surface area contributed by atoms with Crippen molar-refractivity contribution in [3.63, 3.8) is 0 Å². The summed E-state index contributed by atoms with van der Waals surface area (Å²) >= 11 is 3.37. The molecule has 0 saturated heterocycles. The summed E-state index contributed by atoms with van der Waals surface area (Å²) in [4.78, 5) is 14.7. The minimum absolute atomic E-state index is 0.105. The minimum Gasteiger partial charge on any atom is -0.293 e. The zero-order valence-corrected chi connectivity index (χ0v) is 12.1. The maximum atomic E-state index is 12.4. The topological polar surface area (TPSA) is 65.8 Å². The molecule has 2 aromatic rings. The van der Waals surface area contributed by atoms with Crippen LogP contribution in [0.25, 0.3) is 10.4 Å². The third-order valence-corrected chi connectivity index (χ3v) is 3.82. The first-order valence-corrected chi connectivity index (χ1v) is 6.98. The summed E-state index contributed by atoms with van der Waals surface area (Å²) in [6.07, 6.45) is 0. The Bertz CT molecular complexity index is 624. The Labute approximate surface area is 125 Å². The summed E-state index contributed by atoms with van der Waals surface area (Å²) in [5.74, 6) is -0.105. The monoisotopic (exact) mass is 329 g/mol. The van der Waals surface area contributed by atoms with Crippen molar-refractivity contribution < 1.29 is 4.79 Å². The van der Waals surface area contributed by atoms with E-state index in [9.17, 15) is 4.79 Å². The number of azide groups is 1. The van der Waals surface area contributed by atoms with Crippen molar-refractivity contribution in [2.45, 2.75) is 10.9 Å². The number of alkyl halides is 1. The molecule has 0 aliphatic heterocycles. The molecule has 0 aliphatic rings. The molecule has 5 heteroatoms. The quantitative estimate of drug-likeness (QED) is 0.258. The van der Waals surface area contributed by atoms with E-state index in [1.54, 1.807) is 24.3 Å². The average Bonchev–Trinajstić information content (AvgIpc) is 2.53. The number of benzene rings is 2. The molecule has 2 aromatic carbocycles. The number of carbonyl (C=O) groups excluding carboxylic acids is 1. The molecule has 0 radical (unpaired) electrons. The van der Waals surface area contributed by atoms with Gasteiger partial charge >= 0.3 is 0 Å². The summed E-state index contributed by atoms with van der Waals surface area (Å²) in [7, 11) is 0. The fourth-order valence-corrected chi connectivity index (χ4v) is 2.58. The molecule has 0 amide bonds. The number of ketones is 1. The lowest BCUT2D eigenvalue weighted by Crippen LogP contribution is -2.21. The second-order valence-corrected chi connectivity index (χ2v) is 5.18. The van der Waals surface area contributed by atoms with E-state index in [0.29, 0.717) is 5.56 Å². The second-order valence-electron chi connectivity index (χ2n) is 4.19. The van der Waals surface area contributed by atoms with E-state index in [-0.39, 0.29) is 5.78 Å². The zero-order chi connectivity index (χ0) is 14.4. The van der Waals surface area contributed by atoms with Crippen LogP contribution in [0, 0.1) is 0 Å². The van der Waals surface area contributed by atoms with Crippen molar-refractivity contribution in [1.29, 1.82) is 0 Å². The van der Waals surface area contributed by atoms with E-state index in [0.717, 1.165) is 5.56 Å². The Morgan fingerprint density at radius 3 is 2.15 bits per heavy atom. The molecule has 4 nitrogen and oxygen atoms in total. The van der Waals surface area contributed by atoms with Gasteiger partial charge < -0.3 is 0 Å². The van der Waals surface area contributed by atoms with Gasteiger partial charge in [0.15, 0.2) is 5.78 Å². The van der Waals surface area contributed by atoms with Gasteiger partial charge in [0.05, 0.1) is 10.9 Å². The Morgan fingerprint density at radius 2 is 1.60 bits per heavy atom. The fraction of sp³-hybridized carbons (Fsp3) is 0.133. The molecular formula is C15H12BrN3O.